The standard InChI is InChI=1S/C24H25N3O5S/c1-32-21-13-10-18(16-22(21)33(30,31)27-14-6-3-7-15-27)25-23(28)19-11-12-20(26-24(19)29)17-8-4-2-5-9-17/h2,4-5,8-13,16H,3,6-7,14-15H2,1H3,(H,25,28)(H,26,29). The zero-order valence-electron chi connectivity index (χ0n) is 18.2. The predicted octanol–water partition coefficient (Wildman–Crippen LogP) is 3.48. The van der Waals surface area contributed by atoms with Crippen LogP contribution in [0.3, 0.4) is 0 Å². The molecule has 4 rings (SSSR count). The smallest absolute Gasteiger partial charge is 0.261 e. The number of benzene rings is 2. The summed E-state index contributed by atoms with van der Waals surface area (Å²) in [5, 5.41) is 2.63. The van der Waals surface area contributed by atoms with Gasteiger partial charge in [0.2, 0.25) is 10.0 Å². The van der Waals surface area contributed by atoms with E-state index in [1.54, 1.807) is 12.1 Å². The Bertz CT molecular complexity index is 1310. The van der Waals surface area contributed by atoms with Crippen molar-refractivity contribution in [3.63, 3.8) is 0 Å². The van der Waals surface area contributed by atoms with Crippen LogP contribution >= 0.6 is 0 Å². The molecule has 1 aliphatic heterocycles. The van der Waals surface area contributed by atoms with Crippen LogP contribution in [0.2, 0.25) is 0 Å². The summed E-state index contributed by atoms with van der Waals surface area (Å²) in [6.45, 7) is 0.899. The molecule has 172 valence electrons. The molecule has 0 radical (unpaired) electrons. The van der Waals surface area contributed by atoms with Gasteiger partial charge in [0.1, 0.15) is 16.2 Å². The van der Waals surface area contributed by atoms with E-state index in [2.05, 4.69) is 10.3 Å². The average Bonchev–Trinajstić information content (AvgIpc) is 2.85. The topological polar surface area (TPSA) is 109 Å². The van der Waals surface area contributed by atoms with Gasteiger partial charge in [0.25, 0.3) is 11.5 Å². The number of methoxy groups -OCH3 is 1. The number of amides is 1. The Hall–Kier alpha value is -3.43. The number of aromatic amines is 1. The van der Waals surface area contributed by atoms with Crippen LogP contribution in [-0.4, -0.2) is 43.8 Å². The third kappa shape index (κ3) is 4.84. The van der Waals surface area contributed by atoms with E-state index in [-0.39, 0.29) is 21.9 Å². The van der Waals surface area contributed by atoms with Gasteiger partial charge in [-0.05, 0) is 48.7 Å². The van der Waals surface area contributed by atoms with E-state index < -0.39 is 21.5 Å². The molecule has 0 saturated carbocycles. The van der Waals surface area contributed by atoms with Crippen molar-refractivity contribution >= 4 is 21.6 Å². The van der Waals surface area contributed by atoms with Crippen LogP contribution < -0.4 is 15.6 Å². The van der Waals surface area contributed by atoms with Crippen LogP contribution in [0.1, 0.15) is 29.6 Å². The SMILES string of the molecule is COc1ccc(NC(=O)c2ccc(-c3ccccc3)[nH]c2=O)cc1S(=O)(=O)N1CCCCC1. The Morgan fingerprint density at radius 2 is 1.73 bits per heavy atom. The molecule has 8 nitrogen and oxygen atoms in total. The first-order valence-corrected chi connectivity index (χ1v) is 12.1. The van der Waals surface area contributed by atoms with Crippen LogP contribution in [0, 0.1) is 0 Å². The van der Waals surface area contributed by atoms with E-state index in [4.69, 9.17) is 4.74 Å². The number of pyridine rings is 1. The van der Waals surface area contributed by atoms with Crippen molar-refractivity contribution < 1.29 is 17.9 Å². The Morgan fingerprint density at radius 1 is 1.00 bits per heavy atom. The monoisotopic (exact) mass is 467 g/mol. The minimum Gasteiger partial charge on any atom is -0.495 e. The highest BCUT2D eigenvalue weighted by molar-refractivity contribution is 7.89. The zero-order valence-corrected chi connectivity index (χ0v) is 19.0. The molecule has 1 amide bonds. The van der Waals surface area contributed by atoms with Crippen LogP contribution in [0.5, 0.6) is 5.75 Å². The number of aromatic nitrogens is 1. The second kappa shape index (κ2) is 9.60. The van der Waals surface area contributed by atoms with E-state index in [1.165, 1.54) is 29.6 Å². The largest absolute Gasteiger partial charge is 0.495 e. The number of piperidine rings is 1. The fourth-order valence-electron chi connectivity index (χ4n) is 3.84. The normalized spacial score (nSPS) is 14.6. The van der Waals surface area contributed by atoms with Crippen LogP contribution in [0.15, 0.2) is 70.4 Å². The van der Waals surface area contributed by atoms with Gasteiger partial charge in [-0.2, -0.15) is 4.31 Å². The maximum absolute atomic E-state index is 13.2. The molecule has 1 saturated heterocycles. The molecule has 0 unspecified atom stereocenters. The molecular weight excluding hydrogens is 442 g/mol. The molecule has 9 heteroatoms. The maximum atomic E-state index is 13.2. The molecule has 2 aromatic carbocycles. The molecule has 0 aliphatic carbocycles. The second-order valence-electron chi connectivity index (χ2n) is 7.77. The van der Waals surface area contributed by atoms with Crippen molar-refractivity contribution in [1.82, 2.24) is 9.29 Å². The third-order valence-corrected chi connectivity index (χ3v) is 7.51. The van der Waals surface area contributed by atoms with E-state index in [9.17, 15) is 18.0 Å². The van der Waals surface area contributed by atoms with E-state index in [0.717, 1.165) is 24.8 Å². The number of rotatable bonds is 6. The van der Waals surface area contributed by atoms with Crippen molar-refractivity contribution in [3.05, 3.63) is 76.6 Å². The minimum absolute atomic E-state index is 0.0157. The van der Waals surface area contributed by atoms with E-state index >= 15 is 0 Å². The van der Waals surface area contributed by atoms with E-state index in [0.29, 0.717) is 18.8 Å². The number of carbonyl (C=O) groups is 1. The summed E-state index contributed by atoms with van der Waals surface area (Å²) in [7, 11) is -2.38. The number of nitrogens with one attached hydrogen (secondary N) is 2. The first-order valence-electron chi connectivity index (χ1n) is 10.7. The molecule has 1 fully saturated rings. The van der Waals surface area contributed by atoms with Gasteiger partial charge in [0.05, 0.1) is 7.11 Å². The van der Waals surface area contributed by atoms with E-state index in [1.807, 2.05) is 30.3 Å². The molecule has 1 aromatic heterocycles. The summed E-state index contributed by atoms with van der Waals surface area (Å²) in [4.78, 5) is 28.0. The molecule has 0 bridgehead atoms. The number of anilines is 1. The Labute approximate surface area is 192 Å². The van der Waals surface area contributed by atoms with Gasteiger partial charge in [-0.25, -0.2) is 8.42 Å². The highest BCUT2D eigenvalue weighted by atomic mass is 32.2. The van der Waals surface area contributed by atoms with Crippen molar-refractivity contribution in [3.8, 4) is 17.0 Å². The third-order valence-electron chi connectivity index (χ3n) is 5.59. The number of H-pyrrole nitrogens is 1. The van der Waals surface area contributed by atoms with Crippen molar-refractivity contribution in [2.24, 2.45) is 0 Å². The fourth-order valence-corrected chi connectivity index (χ4v) is 5.54. The Morgan fingerprint density at radius 3 is 2.39 bits per heavy atom. The van der Waals surface area contributed by atoms with Gasteiger partial charge in [-0.1, -0.05) is 36.8 Å². The number of ether oxygens (including phenoxy) is 1. The maximum Gasteiger partial charge on any atom is 0.261 e. The lowest BCUT2D eigenvalue weighted by Crippen LogP contribution is -2.35. The first-order chi connectivity index (χ1) is 15.9. The molecular formula is C24H25N3O5S. The quantitative estimate of drug-likeness (QED) is 0.577. The van der Waals surface area contributed by atoms with Crippen LogP contribution in [-0.2, 0) is 10.0 Å². The van der Waals surface area contributed by atoms with Crippen molar-refractivity contribution in [2.45, 2.75) is 24.2 Å². The number of hydrogen-bond acceptors (Lipinski definition) is 5. The molecule has 2 heterocycles. The van der Waals surface area contributed by atoms with Gasteiger partial charge in [-0.3, -0.25) is 9.59 Å². The summed E-state index contributed by atoms with van der Waals surface area (Å²) in [6, 6.07) is 16.8. The average molecular weight is 468 g/mol. The molecule has 1 aliphatic rings. The van der Waals surface area contributed by atoms with Crippen LogP contribution in [0.25, 0.3) is 11.3 Å². The Kier molecular flexibility index (Phi) is 6.62. The summed E-state index contributed by atoms with van der Waals surface area (Å²) in [5.74, 6) is -0.439. The van der Waals surface area contributed by atoms with Crippen molar-refractivity contribution in [2.75, 3.05) is 25.5 Å². The highest BCUT2D eigenvalue weighted by Crippen LogP contribution is 2.31. The predicted molar refractivity (Wildman–Crippen MR) is 126 cm³/mol. The fraction of sp³-hybridized carbons (Fsp3) is 0.250. The van der Waals surface area contributed by atoms with Crippen LogP contribution in [0.4, 0.5) is 5.69 Å². The Balaban J connectivity index is 1.60. The van der Waals surface area contributed by atoms with Crippen molar-refractivity contribution in [1.29, 1.82) is 0 Å². The molecule has 0 atom stereocenters. The molecule has 33 heavy (non-hydrogen) atoms. The van der Waals surface area contributed by atoms with Gasteiger partial charge in [0, 0.05) is 24.5 Å². The zero-order chi connectivity index (χ0) is 23.4. The molecule has 2 N–H and O–H groups in total. The van der Waals surface area contributed by atoms with Gasteiger partial charge in [-0.15, -0.1) is 0 Å². The molecule has 0 spiro atoms. The number of nitrogens with zero attached hydrogens (tertiary/aromatic N) is 1. The second-order valence-corrected chi connectivity index (χ2v) is 9.67. The number of hydrogen-bond donors (Lipinski definition) is 2. The molecule has 3 aromatic rings. The number of carbonyl (C=O) groups excluding carboxylic acids is 1. The number of sulfonamides is 1. The van der Waals surface area contributed by atoms with Gasteiger partial charge in [0.15, 0.2) is 0 Å². The lowest BCUT2D eigenvalue weighted by atomic mass is 10.1. The van der Waals surface area contributed by atoms with Gasteiger partial charge < -0.3 is 15.0 Å². The van der Waals surface area contributed by atoms with Gasteiger partial charge >= 0.3 is 0 Å². The lowest BCUT2D eigenvalue weighted by molar-refractivity contribution is 0.102. The first kappa shape index (κ1) is 22.8. The minimum atomic E-state index is -3.78. The summed E-state index contributed by atoms with van der Waals surface area (Å²) in [6.07, 6.45) is 2.61. The summed E-state index contributed by atoms with van der Waals surface area (Å²) < 4.78 is 33.1. The summed E-state index contributed by atoms with van der Waals surface area (Å²) >= 11 is 0. The summed E-state index contributed by atoms with van der Waals surface area (Å²) in [5.41, 5.74) is 1.05. The lowest BCUT2D eigenvalue weighted by Gasteiger charge is -2.26. The highest BCUT2D eigenvalue weighted by Gasteiger charge is 2.29.